The molecule has 0 aliphatic heterocycles. The lowest BCUT2D eigenvalue weighted by Gasteiger charge is -2.10. The molecule has 1 heterocycles. The van der Waals surface area contributed by atoms with Gasteiger partial charge in [-0.15, -0.1) is 0 Å². The first-order chi connectivity index (χ1) is 9.08. The van der Waals surface area contributed by atoms with Crippen molar-refractivity contribution in [3.8, 4) is 5.75 Å². The summed E-state index contributed by atoms with van der Waals surface area (Å²) in [6.07, 6.45) is 1.55. The monoisotopic (exact) mass is 259 g/mol. The Balaban J connectivity index is 2.19. The molecule has 3 N–H and O–H groups in total. The first-order valence-corrected chi connectivity index (χ1v) is 5.75. The molecule has 1 aromatic heterocycles. The van der Waals surface area contributed by atoms with Gasteiger partial charge in [0.15, 0.2) is 11.6 Å². The lowest BCUT2D eigenvalue weighted by atomic mass is 10.2. The first kappa shape index (κ1) is 13.0. The molecule has 0 aliphatic rings. The third-order valence-electron chi connectivity index (χ3n) is 2.62. The molecule has 0 spiro atoms. The van der Waals surface area contributed by atoms with Crippen molar-refractivity contribution in [1.82, 2.24) is 4.98 Å². The molecule has 19 heavy (non-hydrogen) atoms. The Morgan fingerprint density at radius 2 is 2.21 bits per heavy atom. The van der Waals surface area contributed by atoms with Crippen LogP contribution in [0.1, 0.15) is 16.8 Å². The molecule has 0 atom stereocenters. The molecule has 0 amide bonds. The summed E-state index contributed by atoms with van der Waals surface area (Å²) < 4.78 is 19.0. The van der Waals surface area contributed by atoms with Crippen molar-refractivity contribution < 1.29 is 9.13 Å². The van der Waals surface area contributed by atoms with E-state index in [0.717, 1.165) is 5.56 Å². The van der Waals surface area contributed by atoms with Gasteiger partial charge in [0, 0.05) is 11.8 Å². The second kappa shape index (κ2) is 5.48. The molecule has 0 radical (unpaired) electrons. The van der Waals surface area contributed by atoms with Crippen LogP contribution in [0.5, 0.6) is 5.75 Å². The molecule has 0 saturated carbocycles. The van der Waals surface area contributed by atoms with Gasteiger partial charge in [0.2, 0.25) is 0 Å². The molecule has 4 nitrogen and oxygen atoms in total. The highest BCUT2D eigenvalue weighted by molar-refractivity contribution is 5.94. The maximum atomic E-state index is 13.5. The fourth-order valence-corrected chi connectivity index (χ4v) is 1.67. The number of halogens is 1. The minimum atomic E-state index is -0.418. The summed E-state index contributed by atoms with van der Waals surface area (Å²) >= 11 is 0. The maximum absolute atomic E-state index is 13.5. The fraction of sp³-hybridized carbons (Fsp3) is 0.143. The van der Waals surface area contributed by atoms with Crippen LogP contribution in [-0.2, 0) is 6.61 Å². The van der Waals surface area contributed by atoms with E-state index in [-0.39, 0.29) is 18.2 Å². The van der Waals surface area contributed by atoms with Gasteiger partial charge in [-0.2, -0.15) is 0 Å². The van der Waals surface area contributed by atoms with E-state index >= 15 is 0 Å². The number of rotatable bonds is 4. The zero-order valence-electron chi connectivity index (χ0n) is 10.5. The number of nitrogens with zero attached hydrogens (tertiary/aromatic N) is 1. The Morgan fingerprint density at radius 1 is 1.42 bits per heavy atom. The van der Waals surface area contributed by atoms with Crippen molar-refractivity contribution in [2.45, 2.75) is 13.5 Å². The van der Waals surface area contributed by atoms with Crippen molar-refractivity contribution >= 4 is 5.84 Å². The Morgan fingerprint density at radius 3 is 2.95 bits per heavy atom. The van der Waals surface area contributed by atoms with Gasteiger partial charge in [-0.3, -0.25) is 10.4 Å². The second-order valence-corrected chi connectivity index (χ2v) is 4.15. The SMILES string of the molecule is Cc1ccc(F)c(OCc2cccnc2C(=N)N)c1. The van der Waals surface area contributed by atoms with E-state index in [4.69, 9.17) is 15.9 Å². The minimum absolute atomic E-state index is 0.114. The summed E-state index contributed by atoms with van der Waals surface area (Å²) in [6, 6.07) is 8.13. The molecular weight excluding hydrogens is 245 g/mol. The van der Waals surface area contributed by atoms with Crippen LogP contribution >= 0.6 is 0 Å². The smallest absolute Gasteiger partial charge is 0.165 e. The van der Waals surface area contributed by atoms with Crippen molar-refractivity contribution in [3.63, 3.8) is 0 Å². The van der Waals surface area contributed by atoms with Gasteiger partial charge in [0.1, 0.15) is 18.1 Å². The lowest BCUT2D eigenvalue weighted by molar-refractivity contribution is 0.289. The van der Waals surface area contributed by atoms with Gasteiger partial charge in [0.05, 0.1) is 0 Å². The summed E-state index contributed by atoms with van der Waals surface area (Å²) in [5.74, 6) is -0.374. The van der Waals surface area contributed by atoms with E-state index in [9.17, 15) is 4.39 Å². The summed E-state index contributed by atoms with van der Waals surface area (Å²) in [5.41, 5.74) is 7.35. The maximum Gasteiger partial charge on any atom is 0.165 e. The van der Waals surface area contributed by atoms with Crippen LogP contribution in [0.25, 0.3) is 0 Å². The van der Waals surface area contributed by atoms with E-state index < -0.39 is 5.82 Å². The van der Waals surface area contributed by atoms with Crippen molar-refractivity contribution in [2.75, 3.05) is 0 Å². The largest absolute Gasteiger partial charge is 0.486 e. The number of nitrogen functional groups attached to an aromatic ring is 1. The molecule has 0 fully saturated rings. The molecule has 0 bridgehead atoms. The van der Waals surface area contributed by atoms with Gasteiger partial charge >= 0.3 is 0 Å². The highest BCUT2D eigenvalue weighted by Crippen LogP contribution is 2.20. The topological polar surface area (TPSA) is 72.0 Å². The summed E-state index contributed by atoms with van der Waals surface area (Å²) in [7, 11) is 0. The van der Waals surface area contributed by atoms with E-state index in [1.807, 2.05) is 6.92 Å². The zero-order valence-corrected chi connectivity index (χ0v) is 10.5. The van der Waals surface area contributed by atoms with E-state index in [1.165, 1.54) is 6.07 Å². The number of aromatic nitrogens is 1. The van der Waals surface area contributed by atoms with Crippen molar-refractivity contribution in [3.05, 3.63) is 59.2 Å². The Hall–Kier alpha value is -2.43. The summed E-state index contributed by atoms with van der Waals surface area (Å²) in [6.45, 7) is 1.97. The lowest BCUT2D eigenvalue weighted by Crippen LogP contribution is -2.16. The number of nitrogens with one attached hydrogen (secondary N) is 1. The van der Waals surface area contributed by atoms with Gasteiger partial charge in [0.25, 0.3) is 0 Å². The molecule has 1 aromatic carbocycles. The molecule has 2 rings (SSSR count). The Bertz CT molecular complexity index is 613. The van der Waals surface area contributed by atoms with Gasteiger partial charge in [-0.25, -0.2) is 4.39 Å². The van der Waals surface area contributed by atoms with Crippen LogP contribution < -0.4 is 10.5 Å². The van der Waals surface area contributed by atoms with E-state index in [1.54, 1.807) is 30.5 Å². The number of benzene rings is 1. The van der Waals surface area contributed by atoms with E-state index in [2.05, 4.69) is 4.98 Å². The number of hydrogen-bond donors (Lipinski definition) is 2. The van der Waals surface area contributed by atoms with Crippen molar-refractivity contribution in [1.29, 1.82) is 5.41 Å². The minimum Gasteiger partial charge on any atom is -0.486 e. The molecule has 0 aliphatic carbocycles. The highest BCUT2D eigenvalue weighted by atomic mass is 19.1. The second-order valence-electron chi connectivity index (χ2n) is 4.15. The summed E-state index contributed by atoms with van der Waals surface area (Å²) in [5, 5.41) is 7.42. The van der Waals surface area contributed by atoms with Crippen LogP contribution in [0.15, 0.2) is 36.5 Å². The quantitative estimate of drug-likeness (QED) is 0.654. The van der Waals surface area contributed by atoms with Crippen molar-refractivity contribution in [2.24, 2.45) is 5.73 Å². The number of amidine groups is 1. The molecular formula is C14H14FN3O. The Kier molecular flexibility index (Phi) is 3.75. The average molecular weight is 259 g/mol. The number of nitrogens with two attached hydrogens (primary N) is 1. The zero-order chi connectivity index (χ0) is 13.8. The summed E-state index contributed by atoms with van der Waals surface area (Å²) in [4.78, 5) is 4.01. The Labute approximate surface area is 110 Å². The fourth-order valence-electron chi connectivity index (χ4n) is 1.67. The normalized spacial score (nSPS) is 10.2. The van der Waals surface area contributed by atoms with Gasteiger partial charge in [-0.05, 0) is 30.7 Å². The van der Waals surface area contributed by atoms with Crippen LogP contribution in [0, 0.1) is 18.2 Å². The first-order valence-electron chi connectivity index (χ1n) is 5.75. The van der Waals surface area contributed by atoms with Crippen LogP contribution in [-0.4, -0.2) is 10.8 Å². The molecule has 98 valence electrons. The number of aryl methyl sites for hydroxylation is 1. The third-order valence-corrected chi connectivity index (χ3v) is 2.62. The van der Waals surface area contributed by atoms with E-state index in [0.29, 0.717) is 11.3 Å². The average Bonchev–Trinajstić information content (AvgIpc) is 2.40. The third kappa shape index (κ3) is 3.07. The highest BCUT2D eigenvalue weighted by Gasteiger charge is 2.09. The molecule has 2 aromatic rings. The number of pyridine rings is 1. The molecule has 5 heteroatoms. The predicted octanol–water partition coefficient (Wildman–Crippen LogP) is 2.39. The van der Waals surface area contributed by atoms with Crippen LogP contribution in [0.2, 0.25) is 0 Å². The van der Waals surface area contributed by atoms with Crippen LogP contribution in [0.4, 0.5) is 4.39 Å². The van der Waals surface area contributed by atoms with Crippen LogP contribution in [0.3, 0.4) is 0 Å². The van der Waals surface area contributed by atoms with Gasteiger partial charge < -0.3 is 10.5 Å². The standard InChI is InChI=1S/C14H14FN3O/c1-9-4-5-11(15)12(7-9)19-8-10-3-2-6-18-13(10)14(16)17/h2-7H,8H2,1H3,(H3,16,17). The van der Waals surface area contributed by atoms with Gasteiger partial charge in [-0.1, -0.05) is 12.1 Å². The predicted molar refractivity (Wildman–Crippen MR) is 70.7 cm³/mol. The molecule has 0 unspecified atom stereocenters. The molecule has 0 saturated heterocycles. The number of ether oxygens (including phenoxy) is 1. The number of hydrogen-bond acceptors (Lipinski definition) is 3.